The zero-order chi connectivity index (χ0) is 15.7. The van der Waals surface area contributed by atoms with Gasteiger partial charge in [0.1, 0.15) is 0 Å². The molecule has 0 unspecified atom stereocenters. The number of hydrogen-bond acceptors (Lipinski definition) is 3. The Morgan fingerprint density at radius 1 is 1.14 bits per heavy atom. The van der Waals surface area contributed by atoms with Crippen molar-refractivity contribution in [2.75, 3.05) is 11.5 Å². The molecule has 22 heavy (non-hydrogen) atoms. The van der Waals surface area contributed by atoms with Crippen molar-refractivity contribution in [3.8, 4) is 0 Å². The highest BCUT2D eigenvalue weighted by Gasteiger charge is 2.54. The number of esters is 1. The van der Waals surface area contributed by atoms with Gasteiger partial charge in [0.25, 0.3) is 0 Å². The van der Waals surface area contributed by atoms with E-state index in [1.165, 1.54) is 5.56 Å². The summed E-state index contributed by atoms with van der Waals surface area (Å²) in [5, 5.41) is 0.685. The van der Waals surface area contributed by atoms with Crippen molar-refractivity contribution in [3.63, 3.8) is 0 Å². The second-order valence-electron chi connectivity index (χ2n) is 5.44. The average molecular weight is 316 g/mol. The highest BCUT2D eigenvalue weighted by atomic mass is 35.5. The monoisotopic (exact) mass is 315 g/mol. The minimum atomic E-state index is -0.260. The SMILES string of the molecule is CCOC(=O)[C@H]1[C@@H](c2ccc(C)cc2)N1c1ccc(Cl)cc1. The van der Waals surface area contributed by atoms with Crippen LogP contribution in [-0.2, 0) is 9.53 Å². The number of carbonyl (C=O) groups excluding carboxylic acids is 1. The van der Waals surface area contributed by atoms with Gasteiger partial charge in [-0.15, -0.1) is 0 Å². The lowest BCUT2D eigenvalue weighted by Crippen LogP contribution is -2.15. The Morgan fingerprint density at radius 3 is 2.36 bits per heavy atom. The Balaban J connectivity index is 1.90. The number of aryl methyl sites for hydroxylation is 1. The number of halogens is 1. The van der Waals surface area contributed by atoms with Crippen molar-refractivity contribution in [2.24, 2.45) is 0 Å². The van der Waals surface area contributed by atoms with E-state index >= 15 is 0 Å². The third-order valence-electron chi connectivity index (χ3n) is 3.88. The molecule has 1 aliphatic heterocycles. The molecule has 0 aromatic heterocycles. The van der Waals surface area contributed by atoms with Gasteiger partial charge in [-0.25, -0.2) is 4.79 Å². The minimum Gasteiger partial charge on any atom is -0.464 e. The summed E-state index contributed by atoms with van der Waals surface area (Å²) in [5.41, 5.74) is 3.31. The van der Waals surface area contributed by atoms with Gasteiger partial charge in [-0.05, 0) is 43.7 Å². The zero-order valence-corrected chi connectivity index (χ0v) is 13.4. The maximum Gasteiger partial charge on any atom is 0.331 e. The van der Waals surface area contributed by atoms with Gasteiger partial charge < -0.3 is 9.64 Å². The maximum absolute atomic E-state index is 12.2. The summed E-state index contributed by atoms with van der Waals surface area (Å²) >= 11 is 5.95. The summed E-state index contributed by atoms with van der Waals surface area (Å²) in [5.74, 6) is -0.178. The first-order valence-corrected chi connectivity index (χ1v) is 7.76. The first-order valence-electron chi connectivity index (χ1n) is 7.39. The summed E-state index contributed by atoms with van der Waals surface area (Å²) in [6.07, 6.45) is 0. The van der Waals surface area contributed by atoms with Crippen LogP contribution in [0.1, 0.15) is 24.1 Å². The molecule has 0 aliphatic carbocycles. The van der Waals surface area contributed by atoms with E-state index in [2.05, 4.69) is 36.1 Å². The van der Waals surface area contributed by atoms with Gasteiger partial charge in [0.2, 0.25) is 0 Å². The fourth-order valence-electron chi connectivity index (χ4n) is 2.74. The van der Waals surface area contributed by atoms with Crippen LogP contribution in [0.2, 0.25) is 5.02 Å². The van der Waals surface area contributed by atoms with Gasteiger partial charge in [-0.2, -0.15) is 0 Å². The summed E-state index contributed by atoms with van der Waals surface area (Å²) in [6.45, 7) is 4.27. The van der Waals surface area contributed by atoms with Crippen LogP contribution in [0.3, 0.4) is 0 Å². The van der Waals surface area contributed by atoms with Gasteiger partial charge in [-0.1, -0.05) is 41.4 Å². The third kappa shape index (κ3) is 2.81. The van der Waals surface area contributed by atoms with Crippen LogP contribution in [-0.4, -0.2) is 18.6 Å². The van der Waals surface area contributed by atoms with Crippen molar-refractivity contribution in [1.29, 1.82) is 0 Å². The van der Waals surface area contributed by atoms with E-state index in [-0.39, 0.29) is 18.1 Å². The second-order valence-corrected chi connectivity index (χ2v) is 5.87. The van der Waals surface area contributed by atoms with E-state index in [1.807, 2.05) is 31.2 Å². The van der Waals surface area contributed by atoms with Crippen LogP contribution < -0.4 is 4.90 Å². The number of ether oxygens (including phenoxy) is 1. The molecule has 3 nitrogen and oxygen atoms in total. The summed E-state index contributed by atoms with van der Waals surface area (Å²) in [4.78, 5) is 14.3. The Hall–Kier alpha value is -2.00. The Morgan fingerprint density at radius 2 is 1.77 bits per heavy atom. The molecule has 1 heterocycles. The normalized spacial score (nSPS) is 19.9. The van der Waals surface area contributed by atoms with Crippen molar-refractivity contribution < 1.29 is 9.53 Å². The molecule has 3 rings (SSSR count). The van der Waals surface area contributed by atoms with E-state index in [0.29, 0.717) is 11.6 Å². The first kappa shape index (κ1) is 14.9. The fourth-order valence-corrected chi connectivity index (χ4v) is 2.87. The number of anilines is 1. The van der Waals surface area contributed by atoms with Crippen molar-refractivity contribution in [1.82, 2.24) is 0 Å². The highest BCUT2D eigenvalue weighted by Crippen LogP contribution is 2.47. The molecule has 2 aromatic carbocycles. The fraction of sp³-hybridized carbons (Fsp3) is 0.278. The largest absolute Gasteiger partial charge is 0.464 e. The smallest absolute Gasteiger partial charge is 0.331 e. The summed E-state index contributed by atoms with van der Waals surface area (Å²) < 4.78 is 5.21. The van der Waals surface area contributed by atoms with Gasteiger partial charge in [0, 0.05) is 10.7 Å². The molecule has 0 radical (unpaired) electrons. The van der Waals surface area contributed by atoms with E-state index in [0.717, 1.165) is 11.3 Å². The summed E-state index contributed by atoms with van der Waals surface area (Å²) in [7, 11) is 0. The molecule has 114 valence electrons. The number of nitrogens with zero attached hydrogens (tertiary/aromatic N) is 1. The molecule has 1 fully saturated rings. The topological polar surface area (TPSA) is 29.3 Å². The third-order valence-corrected chi connectivity index (χ3v) is 4.13. The van der Waals surface area contributed by atoms with Crippen LogP contribution in [0.5, 0.6) is 0 Å². The molecule has 0 spiro atoms. The van der Waals surface area contributed by atoms with Crippen LogP contribution in [0.15, 0.2) is 48.5 Å². The lowest BCUT2D eigenvalue weighted by atomic mass is 10.1. The molecular weight excluding hydrogens is 298 g/mol. The highest BCUT2D eigenvalue weighted by molar-refractivity contribution is 6.30. The number of rotatable bonds is 4. The van der Waals surface area contributed by atoms with Gasteiger partial charge in [0.15, 0.2) is 6.04 Å². The van der Waals surface area contributed by atoms with Crippen LogP contribution in [0, 0.1) is 6.92 Å². The Labute approximate surface area is 135 Å². The summed E-state index contributed by atoms with van der Waals surface area (Å²) in [6, 6.07) is 15.6. The molecule has 1 aliphatic rings. The number of hydrogen-bond donors (Lipinski definition) is 0. The lowest BCUT2D eigenvalue weighted by molar-refractivity contribution is -0.142. The number of benzene rings is 2. The average Bonchev–Trinajstić information content (AvgIpc) is 3.24. The van der Waals surface area contributed by atoms with Crippen LogP contribution in [0.25, 0.3) is 0 Å². The molecule has 2 aromatic rings. The molecule has 4 heteroatoms. The quantitative estimate of drug-likeness (QED) is 0.627. The molecular formula is C18H18ClNO2. The van der Waals surface area contributed by atoms with Crippen molar-refractivity contribution >= 4 is 23.3 Å². The van der Waals surface area contributed by atoms with Crippen molar-refractivity contribution in [3.05, 3.63) is 64.7 Å². The van der Waals surface area contributed by atoms with Gasteiger partial charge in [-0.3, -0.25) is 0 Å². The van der Waals surface area contributed by atoms with Gasteiger partial charge >= 0.3 is 5.97 Å². The van der Waals surface area contributed by atoms with E-state index in [1.54, 1.807) is 0 Å². The van der Waals surface area contributed by atoms with Crippen LogP contribution in [0.4, 0.5) is 5.69 Å². The standard InChI is InChI=1S/C18H18ClNO2/c1-3-22-18(21)17-16(13-6-4-12(2)5-7-13)20(17)15-10-8-14(19)9-11-15/h4-11,16-17H,3H2,1-2H3/t16-,17-,20?/m1/s1. The molecule has 0 N–H and O–H groups in total. The van der Waals surface area contributed by atoms with E-state index < -0.39 is 0 Å². The predicted molar refractivity (Wildman–Crippen MR) is 88.3 cm³/mol. The zero-order valence-electron chi connectivity index (χ0n) is 12.6. The van der Waals surface area contributed by atoms with E-state index in [9.17, 15) is 4.79 Å². The molecule has 1 saturated heterocycles. The molecule has 0 amide bonds. The minimum absolute atomic E-state index is 0.0285. The first-order chi connectivity index (χ1) is 10.6. The Bertz CT molecular complexity index is 615. The molecule has 0 bridgehead atoms. The lowest BCUT2D eigenvalue weighted by Gasteiger charge is -2.06. The predicted octanol–water partition coefficient (Wildman–Crippen LogP) is 4.14. The van der Waals surface area contributed by atoms with Gasteiger partial charge in [0.05, 0.1) is 12.6 Å². The second kappa shape index (κ2) is 6.01. The van der Waals surface area contributed by atoms with Crippen LogP contribution >= 0.6 is 11.6 Å². The molecule has 2 atom stereocenters. The molecule has 0 saturated carbocycles. The van der Waals surface area contributed by atoms with Crippen molar-refractivity contribution in [2.45, 2.75) is 25.9 Å². The Kier molecular flexibility index (Phi) is 4.08. The number of carbonyl (C=O) groups is 1. The maximum atomic E-state index is 12.2. The van der Waals surface area contributed by atoms with E-state index in [4.69, 9.17) is 16.3 Å².